The summed E-state index contributed by atoms with van der Waals surface area (Å²) in [4.78, 5) is 17.4. The molecule has 0 amide bonds. The second kappa shape index (κ2) is 4.22. The van der Waals surface area contributed by atoms with Crippen molar-refractivity contribution >= 4 is 22.9 Å². The van der Waals surface area contributed by atoms with Crippen LogP contribution >= 0.6 is 0 Å². The standard InChI is InChI=1S/C18H19N3O/c1-17(2)12-8-9-18(17,3)16(22)11(12)10-15-19-13-6-4-5-7-14(13)20-21-15/h4-7,10,12H,8-9H2,1-3H3/b11-10-/t12-,18+/m0/s1. The predicted octanol–water partition coefficient (Wildman–Crippen LogP) is 3.43. The number of carbonyl (C=O) groups is 1. The van der Waals surface area contributed by atoms with Crippen LogP contribution in [0.15, 0.2) is 29.8 Å². The van der Waals surface area contributed by atoms with Gasteiger partial charge in [0.05, 0.1) is 5.52 Å². The Hall–Kier alpha value is -2.10. The van der Waals surface area contributed by atoms with E-state index in [1.807, 2.05) is 30.3 Å². The molecule has 2 atom stereocenters. The topological polar surface area (TPSA) is 55.7 Å². The van der Waals surface area contributed by atoms with Crippen LogP contribution in [-0.2, 0) is 4.79 Å². The second-order valence-electron chi connectivity index (χ2n) is 7.23. The molecule has 1 heterocycles. The van der Waals surface area contributed by atoms with Crippen LogP contribution in [0.25, 0.3) is 17.1 Å². The molecular weight excluding hydrogens is 274 g/mol. The summed E-state index contributed by atoms with van der Waals surface area (Å²) in [5.41, 5.74) is 2.24. The van der Waals surface area contributed by atoms with E-state index in [9.17, 15) is 4.79 Å². The van der Waals surface area contributed by atoms with Gasteiger partial charge in [0.1, 0.15) is 5.52 Å². The van der Waals surface area contributed by atoms with Gasteiger partial charge in [-0.05, 0) is 42.4 Å². The number of aromatic nitrogens is 3. The van der Waals surface area contributed by atoms with Crippen LogP contribution in [-0.4, -0.2) is 21.0 Å². The van der Waals surface area contributed by atoms with E-state index in [0.717, 1.165) is 29.4 Å². The molecule has 0 unspecified atom stereocenters. The van der Waals surface area contributed by atoms with Crippen LogP contribution < -0.4 is 0 Å². The Morgan fingerprint density at radius 2 is 1.86 bits per heavy atom. The number of hydrogen-bond donors (Lipinski definition) is 0. The van der Waals surface area contributed by atoms with Crippen molar-refractivity contribution in [3.63, 3.8) is 0 Å². The average molecular weight is 293 g/mol. The number of rotatable bonds is 1. The number of hydrogen-bond acceptors (Lipinski definition) is 4. The van der Waals surface area contributed by atoms with Gasteiger partial charge >= 0.3 is 0 Å². The van der Waals surface area contributed by atoms with Gasteiger partial charge in [-0.3, -0.25) is 4.79 Å². The smallest absolute Gasteiger partial charge is 0.175 e. The van der Waals surface area contributed by atoms with Crippen molar-refractivity contribution < 1.29 is 4.79 Å². The fourth-order valence-electron chi connectivity index (χ4n) is 4.19. The van der Waals surface area contributed by atoms with E-state index in [1.165, 1.54) is 0 Å². The molecule has 2 aliphatic carbocycles. The molecule has 0 N–H and O–H groups in total. The van der Waals surface area contributed by atoms with Gasteiger partial charge in [-0.15, -0.1) is 10.2 Å². The third kappa shape index (κ3) is 1.58. The summed E-state index contributed by atoms with van der Waals surface area (Å²) < 4.78 is 0. The van der Waals surface area contributed by atoms with Crippen molar-refractivity contribution in [1.29, 1.82) is 0 Å². The summed E-state index contributed by atoms with van der Waals surface area (Å²) in [7, 11) is 0. The highest BCUT2D eigenvalue weighted by Gasteiger charge is 2.63. The summed E-state index contributed by atoms with van der Waals surface area (Å²) in [6.45, 7) is 6.53. The number of Topliss-reactive ketones (excluding diaryl/α,β-unsaturated/α-hetero) is 1. The lowest BCUT2D eigenvalue weighted by Crippen LogP contribution is -2.32. The number of carbonyl (C=O) groups excluding carboxylic acids is 1. The van der Waals surface area contributed by atoms with Crippen LogP contribution in [0, 0.1) is 16.7 Å². The van der Waals surface area contributed by atoms with Gasteiger partial charge in [-0.1, -0.05) is 32.9 Å². The predicted molar refractivity (Wildman–Crippen MR) is 84.9 cm³/mol. The molecule has 112 valence electrons. The zero-order valence-electron chi connectivity index (χ0n) is 13.1. The van der Waals surface area contributed by atoms with Crippen LogP contribution in [0.4, 0.5) is 0 Å². The summed E-state index contributed by atoms with van der Waals surface area (Å²) in [5, 5.41) is 8.36. The molecule has 4 rings (SSSR count). The van der Waals surface area contributed by atoms with Crippen LogP contribution in [0.5, 0.6) is 0 Å². The summed E-state index contributed by atoms with van der Waals surface area (Å²) >= 11 is 0. The van der Waals surface area contributed by atoms with E-state index in [4.69, 9.17) is 0 Å². The first-order valence-corrected chi connectivity index (χ1v) is 7.79. The first-order chi connectivity index (χ1) is 10.4. The van der Waals surface area contributed by atoms with E-state index in [-0.39, 0.29) is 16.6 Å². The molecule has 2 saturated carbocycles. The highest BCUT2D eigenvalue weighted by molar-refractivity contribution is 6.07. The lowest BCUT2D eigenvalue weighted by molar-refractivity contribution is -0.125. The van der Waals surface area contributed by atoms with Gasteiger partial charge in [-0.25, -0.2) is 4.98 Å². The van der Waals surface area contributed by atoms with Gasteiger partial charge in [0.2, 0.25) is 0 Å². The van der Waals surface area contributed by atoms with Crippen molar-refractivity contribution in [2.75, 3.05) is 0 Å². The van der Waals surface area contributed by atoms with E-state index >= 15 is 0 Å². The number of benzene rings is 1. The maximum atomic E-state index is 12.8. The van der Waals surface area contributed by atoms with Crippen LogP contribution in [0.2, 0.25) is 0 Å². The molecule has 1 aromatic carbocycles. The van der Waals surface area contributed by atoms with E-state index < -0.39 is 0 Å². The van der Waals surface area contributed by atoms with Crippen molar-refractivity contribution in [2.24, 2.45) is 16.7 Å². The SMILES string of the molecule is CC1(C)[C@H]2CC[C@]1(C)C(=O)/C2=C\c1nnc2ccccc2n1. The van der Waals surface area contributed by atoms with E-state index in [2.05, 4.69) is 36.0 Å². The third-order valence-electron chi connectivity index (χ3n) is 6.03. The maximum Gasteiger partial charge on any atom is 0.175 e. The largest absolute Gasteiger partial charge is 0.294 e. The van der Waals surface area contributed by atoms with Gasteiger partial charge in [0, 0.05) is 11.0 Å². The number of nitrogens with zero attached hydrogens (tertiary/aromatic N) is 3. The van der Waals surface area contributed by atoms with E-state index in [1.54, 1.807) is 0 Å². The Morgan fingerprint density at radius 3 is 2.55 bits per heavy atom. The monoisotopic (exact) mass is 293 g/mol. The minimum atomic E-state index is -0.242. The summed E-state index contributed by atoms with van der Waals surface area (Å²) in [5.74, 6) is 1.11. The van der Waals surface area contributed by atoms with Crippen molar-refractivity contribution in [3.05, 3.63) is 35.7 Å². The Kier molecular flexibility index (Phi) is 2.60. The third-order valence-corrected chi connectivity index (χ3v) is 6.03. The quantitative estimate of drug-likeness (QED) is 0.756. The first-order valence-electron chi connectivity index (χ1n) is 7.79. The molecule has 0 aliphatic heterocycles. The molecule has 2 bridgehead atoms. The number of fused-ring (bicyclic) bond motifs is 3. The highest BCUT2D eigenvalue weighted by Crippen LogP contribution is 2.65. The fourth-order valence-corrected chi connectivity index (χ4v) is 4.19. The molecule has 22 heavy (non-hydrogen) atoms. The minimum Gasteiger partial charge on any atom is -0.294 e. The summed E-state index contributed by atoms with van der Waals surface area (Å²) in [6, 6.07) is 7.65. The van der Waals surface area contributed by atoms with Crippen LogP contribution in [0.1, 0.15) is 39.4 Å². The Balaban J connectivity index is 1.81. The van der Waals surface area contributed by atoms with Gasteiger partial charge < -0.3 is 0 Å². The Morgan fingerprint density at radius 1 is 1.14 bits per heavy atom. The maximum absolute atomic E-state index is 12.8. The number of allylic oxidation sites excluding steroid dienone is 1. The molecule has 4 nitrogen and oxygen atoms in total. The molecule has 2 fully saturated rings. The number of para-hydroxylation sites is 1. The molecular formula is C18H19N3O. The lowest BCUT2D eigenvalue weighted by Gasteiger charge is -2.31. The Bertz CT molecular complexity index is 824. The zero-order valence-corrected chi connectivity index (χ0v) is 13.1. The van der Waals surface area contributed by atoms with Gasteiger partial charge in [-0.2, -0.15) is 0 Å². The minimum absolute atomic E-state index is 0.0141. The van der Waals surface area contributed by atoms with Crippen molar-refractivity contribution in [1.82, 2.24) is 15.2 Å². The molecule has 4 heteroatoms. The lowest BCUT2D eigenvalue weighted by atomic mass is 9.70. The van der Waals surface area contributed by atoms with Gasteiger partial charge in [0.25, 0.3) is 0 Å². The molecule has 0 spiro atoms. The van der Waals surface area contributed by atoms with Crippen LogP contribution in [0.3, 0.4) is 0 Å². The first kappa shape index (κ1) is 13.6. The number of ketones is 1. The molecule has 1 aromatic heterocycles. The van der Waals surface area contributed by atoms with Crippen molar-refractivity contribution in [3.8, 4) is 0 Å². The molecule has 0 radical (unpaired) electrons. The normalized spacial score (nSPS) is 31.3. The highest BCUT2D eigenvalue weighted by atomic mass is 16.1. The fraction of sp³-hybridized carbons (Fsp3) is 0.444. The van der Waals surface area contributed by atoms with Gasteiger partial charge in [0.15, 0.2) is 11.6 Å². The molecule has 0 saturated heterocycles. The zero-order chi connectivity index (χ0) is 15.5. The molecule has 2 aliphatic rings. The average Bonchev–Trinajstić information content (AvgIpc) is 2.81. The Labute approximate surface area is 129 Å². The second-order valence-corrected chi connectivity index (χ2v) is 7.23. The summed E-state index contributed by atoms with van der Waals surface area (Å²) in [6.07, 6.45) is 3.92. The molecule has 2 aromatic rings. The van der Waals surface area contributed by atoms with E-state index in [0.29, 0.717) is 11.7 Å². The van der Waals surface area contributed by atoms with Crippen molar-refractivity contribution in [2.45, 2.75) is 33.6 Å².